The van der Waals surface area contributed by atoms with Crippen molar-refractivity contribution < 1.29 is 9.90 Å². The van der Waals surface area contributed by atoms with E-state index in [2.05, 4.69) is 25.9 Å². The minimum absolute atomic E-state index is 0.0323. The molecule has 0 radical (unpaired) electrons. The third kappa shape index (κ3) is 2.22. The summed E-state index contributed by atoms with van der Waals surface area (Å²) in [6.07, 6.45) is 0. The number of aromatic hydroxyl groups is 1. The molecule has 0 bridgehead atoms. The van der Waals surface area contributed by atoms with Gasteiger partial charge in [-0.2, -0.15) is 5.21 Å². The highest BCUT2D eigenvalue weighted by atomic mass is 16.3. The molecule has 7 nitrogen and oxygen atoms in total. The molecule has 0 atom stereocenters. The molecule has 2 rings (SSSR count). The fourth-order valence-corrected chi connectivity index (χ4v) is 1.37. The van der Waals surface area contributed by atoms with Gasteiger partial charge in [0.1, 0.15) is 5.75 Å². The van der Waals surface area contributed by atoms with Crippen LogP contribution in [-0.4, -0.2) is 31.6 Å². The van der Waals surface area contributed by atoms with Crippen LogP contribution in [0.15, 0.2) is 12.1 Å². The van der Waals surface area contributed by atoms with Crippen LogP contribution in [-0.2, 0) is 0 Å². The first-order valence-electron chi connectivity index (χ1n) is 4.93. The second-order valence-corrected chi connectivity index (χ2v) is 3.64. The lowest BCUT2D eigenvalue weighted by atomic mass is 10.1. The maximum Gasteiger partial charge on any atom is 0.297 e. The first-order chi connectivity index (χ1) is 8.08. The van der Waals surface area contributed by atoms with Gasteiger partial charge in [0.15, 0.2) is 0 Å². The third-order valence-corrected chi connectivity index (χ3v) is 2.34. The number of phenolic OH excluding ortho intramolecular Hbond substituents is 1. The van der Waals surface area contributed by atoms with E-state index in [1.54, 1.807) is 26.0 Å². The van der Waals surface area contributed by atoms with E-state index in [1.807, 2.05) is 0 Å². The van der Waals surface area contributed by atoms with Gasteiger partial charge in [0.25, 0.3) is 11.7 Å². The second kappa shape index (κ2) is 4.20. The number of nitrogens with zero attached hydrogens (tertiary/aromatic N) is 3. The number of rotatable bonds is 2. The number of hydrogen-bond donors (Lipinski definition) is 3. The van der Waals surface area contributed by atoms with Gasteiger partial charge in [-0.25, -0.2) is 0 Å². The lowest BCUT2D eigenvalue weighted by Gasteiger charge is -2.09. The highest BCUT2D eigenvalue weighted by molar-refractivity contribution is 6.01. The topological polar surface area (TPSA) is 104 Å². The number of carbonyl (C=O) groups excluding carboxylic acids is 1. The molecule has 0 saturated carbocycles. The molecule has 0 spiro atoms. The molecule has 0 aliphatic carbocycles. The summed E-state index contributed by atoms with van der Waals surface area (Å²) in [4.78, 5) is 11.7. The summed E-state index contributed by atoms with van der Waals surface area (Å²) in [5.74, 6) is -0.290. The summed E-state index contributed by atoms with van der Waals surface area (Å²) >= 11 is 0. The molecular weight excluding hydrogens is 222 g/mol. The average molecular weight is 233 g/mol. The van der Waals surface area contributed by atoms with Crippen LogP contribution in [0.4, 0.5) is 5.69 Å². The van der Waals surface area contributed by atoms with Crippen molar-refractivity contribution in [2.75, 3.05) is 5.32 Å². The van der Waals surface area contributed by atoms with E-state index < -0.39 is 5.91 Å². The van der Waals surface area contributed by atoms with E-state index in [0.717, 1.165) is 5.56 Å². The summed E-state index contributed by atoms with van der Waals surface area (Å²) < 4.78 is 0. The summed E-state index contributed by atoms with van der Waals surface area (Å²) in [5, 5.41) is 24.8. The average Bonchev–Trinajstić information content (AvgIpc) is 2.79. The Hall–Kier alpha value is -2.44. The largest absolute Gasteiger partial charge is 0.508 e. The van der Waals surface area contributed by atoms with E-state index in [4.69, 9.17) is 0 Å². The normalized spacial score (nSPS) is 10.2. The van der Waals surface area contributed by atoms with Gasteiger partial charge in [-0.1, -0.05) is 0 Å². The number of anilines is 1. The van der Waals surface area contributed by atoms with E-state index in [0.29, 0.717) is 11.3 Å². The van der Waals surface area contributed by atoms with Crippen LogP contribution in [0.5, 0.6) is 5.75 Å². The van der Waals surface area contributed by atoms with Crippen LogP contribution in [0.2, 0.25) is 0 Å². The lowest BCUT2D eigenvalue weighted by Crippen LogP contribution is -2.14. The van der Waals surface area contributed by atoms with Crippen LogP contribution in [0.25, 0.3) is 0 Å². The number of aromatic nitrogens is 4. The van der Waals surface area contributed by atoms with Crippen molar-refractivity contribution in [2.24, 2.45) is 0 Å². The van der Waals surface area contributed by atoms with Crippen molar-refractivity contribution in [3.05, 3.63) is 29.1 Å². The third-order valence-electron chi connectivity index (χ3n) is 2.34. The molecule has 0 unspecified atom stereocenters. The zero-order chi connectivity index (χ0) is 12.4. The maximum absolute atomic E-state index is 11.7. The number of tetrazole rings is 1. The Morgan fingerprint density at radius 3 is 2.76 bits per heavy atom. The number of H-pyrrole nitrogens is 1. The summed E-state index contributed by atoms with van der Waals surface area (Å²) in [5.41, 5.74) is 2.04. The molecule has 1 amide bonds. The number of hydrogen-bond acceptors (Lipinski definition) is 5. The highest BCUT2D eigenvalue weighted by Crippen LogP contribution is 2.25. The van der Waals surface area contributed by atoms with Gasteiger partial charge >= 0.3 is 0 Å². The Kier molecular flexibility index (Phi) is 2.73. The molecule has 0 saturated heterocycles. The molecule has 1 aromatic carbocycles. The van der Waals surface area contributed by atoms with E-state index in [-0.39, 0.29) is 11.6 Å². The van der Waals surface area contributed by atoms with Gasteiger partial charge in [0.05, 0.1) is 0 Å². The molecule has 1 aromatic heterocycles. The molecule has 0 fully saturated rings. The van der Waals surface area contributed by atoms with Gasteiger partial charge in [-0.15, -0.1) is 10.2 Å². The Balaban J connectivity index is 2.25. The fraction of sp³-hybridized carbons (Fsp3) is 0.200. The Bertz CT molecular complexity index is 550. The van der Waals surface area contributed by atoms with E-state index in [1.165, 1.54) is 0 Å². The van der Waals surface area contributed by atoms with E-state index in [9.17, 15) is 9.90 Å². The van der Waals surface area contributed by atoms with Gasteiger partial charge in [0, 0.05) is 5.69 Å². The molecule has 2 aromatic rings. The zero-order valence-electron chi connectivity index (χ0n) is 9.35. The number of nitrogens with one attached hydrogen (secondary N) is 2. The predicted octanol–water partition coefficient (Wildman–Crippen LogP) is 0.774. The molecule has 7 heteroatoms. The predicted molar refractivity (Wildman–Crippen MR) is 59.7 cm³/mol. The van der Waals surface area contributed by atoms with Gasteiger partial charge in [0.2, 0.25) is 0 Å². The first-order valence-corrected chi connectivity index (χ1v) is 4.93. The van der Waals surface area contributed by atoms with Gasteiger partial charge < -0.3 is 10.4 Å². The molecule has 0 aliphatic heterocycles. The Morgan fingerprint density at radius 2 is 2.12 bits per heavy atom. The summed E-state index contributed by atoms with van der Waals surface area (Å²) in [6, 6.07) is 3.27. The highest BCUT2D eigenvalue weighted by Gasteiger charge is 2.12. The smallest absolute Gasteiger partial charge is 0.297 e. The monoisotopic (exact) mass is 233 g/mol. The lowest BCUT2D eigenvalue weighted by molar-refractivity contribution is 0.101. The number of aromatic amines is 1. The number of carbonyl (C=O) groups is 1. The molecule has 0 aliphatic rings. The van der Waals surface area contributed by atoms with Crippen LogP contribution < -0.4 is 5.32 Å². The van der Waals surface area contributed by atoms with Crippen molar-refractivity contribution in [2.45, 2.75) is 13.8 Å². The van der Waals surface area contributed by atoms with Crippen LogP contribution in [0.3, 0.4) is 0 Å². The maximum atomic E-state index is 11.7. The SMILES string of the molecule is Cc1cc(NC(=O)c2nn[nH]n2)c(C)cc1O. The standard InChI is InChI=1S/C10H11N5O2/c1-5-4-8(16)6(2)3-7(5)11-10(17)9-12-14-15-13-9/h3-4,16H,1-2H3,(H,11,17)(H,12,13,14,15). The molecule has 1 heterocycles. The van der Waals surface area contributed by atoms with Crippen molar-refractivity contribution in [3.63, 3.8) is 0 Å². The number of benzene rings is 1. The van der Waals surface area contributed by atoms with Crippen LogP contribution >= 0.6 is 0 Å². The van der Waals surface area contributed by atoms with Crippen molar-refractivity contribution in [1.82, 2.24) is 20.6 Å². The molecule has 3 N–H and O–H groups in total. The number of amides is 1. The molecule has 17 heavy (non-hydrogen) atoms. The first kappa shape index (κ1) is 11.1. The quantitative estimate of drug-likeness (QED) is 0.665. The van der Waals surface area contributed by atoms with Gasteiger partial charge in [-0.3, -0.25) is 4.79 Å². The minimum Gasteiger partial charge on any atom is -0.508 e. The van der Waals surface area contributed by atoms with Gasteiger partial charge in [-0.05, 0) is 42.3 Å². The molecule has 88 valence electrons. The zero-order valence-corrected chi connectivity index (χ0v) is 9.35. The number of aryl methyl sites for hydroxylation is 2. The minimum atomic E-state index is -0.452. The van der Waals surface area contributed by atoms with Crippen LogP contribution in [0, 0.1) is 13.8 Å². The van der Waals surface area contributed by atoms with E-state index >= 15 is 0 Å². The fourth-order valence-electron chi connectivity index (χ4n) is 1.37. The van der Waals surface area contributed by atoms with Crippen LogP contribution in [0.1, 0.15) is 21.7 Å². The Morgan fingerprint density at radius 1 is 1.35 bits per heavy atom. The van der Waals surface area contributed by atoms with Crippen molar-refractivity contribution >= 4 is 11.6 Å². The Labute approximate surface area is 96.9 Å². The van der Waals surface area contributed by atoms with Crippen molar-refractivity contribution in [3.8, 4) is 5.75 Å². The molecular formula is C10H11N5O2. The summed E-state index contributed by atoms with van der Waals surface area (Å²) in [6.45, 7) is 3.53. The second-order valence-electron chi connectivity index (χ2n) is 3.64. The van der Waals surface area contributed by atoms with Crippen molar-refractivity contribution in [1.29, 1.82) is 0 Å². The summed E-state index contributed by atoms with van der Waals surface area (Å²) in [7, 11) is 0. The number of phenols is 1.